The number of halogens is 1. The number of nitrogens with zero attached hydrogens (tertiary/aromatic N) is 2. The average molecular weight is 280 g/mol. The lowest BCUT2D eigenvalue weighted by atomic mass is 9.83. The summed E-state index contributed by atoms with van der Waals surface area (Å²) in [6, 6.07) is 15.4. The van der Waals surface area contributed by atoms with Crippen molar-refractivity contribution in [1.82, 2.24) is 0 Å². The molecule has 2 nitrogen and oxygen atoms in total. The second-order valence-corrected chi connectivity index (χ2v) is 6.21. The zero-order valence-corrected chi connectivity index (χ0v) is 12.1. The smallest absolute Gasteiger partial charge is 0.123 e. The van der Waals surface area contributed by atoms with Crippen LogP contribution in [0.3, 0.4) is 0 Å². The molecule has 4 rings (SSSR count). The van der Waals surface area contributed by atoms with Crippen LogP contribution in [0.1, 0.15) is 19.4 Å². The van der Waals surface area contributed by atoms with Crippen LogP contribution >= 0.6 is 0 Å². The van der Waals surface area contributed by atoms with Crippen molar-refractivity contribution in [1.29, 1.82) is 0 Å². The maximum absolute atomic E-state index is 13.7. The zero-order chi connectivity index (χ0) is 14.6. The van der Waals surface area contributed by atoms with E-state index in [2.05, 4.69) is 48.2 Å². The molecule has 0 radical (unpaired) electrons. The molecule has 2 aromatic rings. The molecular weight excluding hydrogens is 263 g/mol. The van der Waals surface area contributed by atoms with Crippen LogP contribution in [0.5, 0.6) is 0 Å². The standard InChI is InChI=1S/C18H17FN2/c1-18(2)15-12-13(19)8-9-16(15)21-11-10-20(17(18)21)14-6-4-3-5-7-14/h3-12,17H,1-2H3. The van der Waals surface area contributed by atoms with Gasteiger partial charge in [0.25, 0.3) is 0 Å². The van der Waals surface area contributed by atoms with Crippen LogP contribution in [-0.4, -0.2) is 6.17 Å². The van der Waals surface area contributed by atoms with E-state index in [-0.39, 0.29) is 17.4 Å². The van der Waals surface area contributed by atoms with E-state index in [0.717, 1.165) is 16.9 Å². The summed E-state index contributed by atoms with van der Waals surface area (Å²) in [5.41, 5.74) is 3.16. The molecule has 1 atom stereocenters. The van der Waals surface area contributed by atoms with Gasteiger partial charge in [0.15, 0.2) is 0 Å². The molecule has 3 heteroatoms. The topological polar surface area (TPSA) is 6.48 Å². The summed E-state index contributed by atoms with van der Waals surface area (Å²) in [6.45, 7) is 4.36. The Morgan fingerprint density at radius 1 is 0.952 bits per heavy atom. The van der Waals surface area contributed by atoms with Crippen LogP contribution in [0.4, 0.5) is 15.8 Å². The fraction of sp³-hybridized carbons (Fsp3) is 0.222. The van der Waals surface area contributed by atoms with Gasteiger partial charge in [0, 0.05) is 29.2 Å². The molecule has 0 aliphatic carbocycles. The minimum Gasteiger partial charge on any atom is -0.324 e. The van der Waals surface area contributed by atoms with Gasteiger partial charge in [-0.25, -0.2) is 4.39 Å². The summed E-state index contributed by atoms with van der Waals surface area (Å²) in [6.07, 6.45) is 4.34. The van der Waals surface area contributed by atoms with Gasteiger partial charge >= 0.3 is 0 Å². The molecule has 0 amide bonds. The molecule has 1 unspecified atom stereocenters. The maximum atomic E-state index is 13.7. The SMILES string of the molecule is CC1(C)c2cc(F)ccc2N2C=CN(c3ccccc3)C21. The Labute approximate surface area is 124 Å². The normalized spacial score (nSPS) is 21.6. The van der Waals surface area contributed by atoms with Gasteiger partial charge in [-0.05, 0) is 35.9 Å². The minimum atomic E-state index is -0.168. The molecule has 0 spiro atoms. The van der Waals surface area contributed by atoms with Crippen LogP contribution in [0.25, 0.3) is 0 Å². The van der Waals surface area contributed by atoms with Crippen molar-refractivity contribution in [2.24, 2.45) is 0 Å². The van der Waals surface area contributed by atoms with E-state index in [1.165, 1.54) is 6.07 Å². The summed E-state index contributed by atoms with van der Waals surface area (Å²) in [5.74, 6) is -0.168. The first-order valence-electron chi connectivity index (χ1n) is 7.19. The third kappa shape index (κ3) is 1.63. The highest BCUT2D eigenvalue weighted by Gasteiger charge is 2.49. The molecule has 2 heterocycles. The summed E-state index contributed by atoms with van der Waals surface area (Å²) >= 11 is 0. The van der Waals surface area contributed by atoms with E-state index < -0.39 is 0 Å². The highest BCUT2D eigenvalue weighted by Crippen LogP contribution is 2.49. The first-order chi connectivity index (χ1) is 10.1. The molecule has 106 valence electrons. The van der Waals surface area contributed by atoms with Crippen LogP contribution in [0.2, 0.25) is 0 Å². The summed E-state index contributed by atoms with van der Waals surface area (Å²) in [7, 11) is 0. The molecule has 2 aliphatic rings. The highest BCUT2D eigenvalue weighted by atomic mass is 19.1. The number of benzene rings is 2. The van der Waals surface area contributed by atoms with Crippen molar-refractivity contribution in [3.8, 4) is 0 Å². The van der Waals surface area contributed by atoms with Gasteiger partial charge in [0.2, 0.25) is 0 Å². The second kappa shape index (κ2) is 4.10. The van der Waals surface area contributed by atoms with E-state index in [4.69, 9.17) is 0 Å². The molecule has 0 fully saturated rings. The van der Waals surface area contributed by atoms with Gasteiger partial charge in [-0.15, -0.1) is 0 Å². The molecular formula is C18H17FN2. The monoisotopic (exact) mass is 280 g/mol. The Morgan fingerprint density at radius 3 is 2.43 bits per heavy atom. The highest BCUT2D eigenvalue weighted by molar-refractivity contribution is 5.72. The maximum Gasteiger partial charge on any atom is 0.123 e. The molecule has 0 saturated heterocycles. The minimum absolute atomic E-state index is 0.150. The van der Waals surface area contributed by atoms with Crippen molar-refractivity contribution in [3.05, 3.63) is 72.3 Å². The van der Waals surface area contributed by atoms with Gasteiger partial charge in [0.1, 0.15) is 12.0 Å². The van der Waals surface area contributed by atoms with Gasteiger partial charge in [0.05, 0.1) is 0 Å². The summed E-state index contributed by atoms with van der Waals surface area (Å²) in [4.78, 5) is 4.50. The average Bonchev–Trinajstić information content (AvgIpc) is 3.01. The van der Waals surface area contributed by atoms with Gasteiger partial charge in [-0.3, -0.25) is 0 Å². The predicted octanol–water partition coefficient (Wildman–Crippen LogP) is 4.24. The third-order valence-corrected chi connectivity index (χ3v) is 4.55. The van der Waals surface area contributed by atoms with Crippen molar-refractivity contribution < 1.29 is 4.39 Å². The number of fused-ring (bicyclic) bond motifs is 3. The number of hydrogen-bond donors (Lipinski definition) is 0. The number of anilines is 2. The van der Waals surface area contributed by atoms with Gasteiger partial charge < -0.3 is 9.80 Å². The fourth-order valence-electron chi connectivity index (χ4n) is 3.56. The Hall–Kier alpha value is -2.29. The molecule has 0 aromatic heterocycles. The van der Waals surface area contributed by atoms with E-state index in [1.54, 1.807) is 6.07 Å². The molecule has 0 saturated carbocycles. The zero-order valence-electron chi connectivity index (χ0n) is 12.1. The van der Waals surface area contributed by atoms with E-state index >= 15 is 0 Å². The Morgan fingerprint density at radius 2 is 1.67 bits per heavy atom. The second-order valence-electron chi connectivity index (χ2n) is 6.21. The molecule has 0 N–H and O–H groups in total. The Kier molecular flexibility index (Phi) is 2.43. The van der Waals surface area contributed by atoms with Crippen LogP contribution in [0, 0.1) is 5.82 Å². The van der Waals surface area contributed by atoms with E-state index in [9.17, 15) is 4.39 Å². The lowest BCUT2D eigenvalue weighted by Crippen LogP contribution is -2.46. The third-order valence-electron chi connectivity index (χ3n) is 4.55. The van der Waals surface area contributed by atoms with Gasteiger partial charge in [-0.1, -0.05) is 32.0 Å². The van der Waals surface area contributed by atoms with Crippen LogP contribution in [0.15, 0.2) is 60.9 Å². The molecule has 2 aliphatic heterocycles. The fourth-order valence-corrected chi connectivity index (χ4v) is 3.56. The first kappa shape index (κ1) is 12.5. The Balaban J connectivity index is 1.84. The van der Waals surface area contributed by atoms with Crippen LogP contribution < -0.4 is 9.80 Å². The lowest BCUT2D eigenvalue weighted by molar-refractivity contribution is 0.445. The predicted molar refractivity (Wildman–Crippen MR) is 83.8 cm³/mol. The molecule has 0 bridgehead atoms. The lowest BCUT2D eigenvalue weighted by Gasteiger charge is -2.36. The molecule has 21 heavy (non-hydrogen) atoms. The summed E-state index contributed by atoms with van der Waals surface area (Å²) in [5, 5.41) is 0. The number of hydrogen-bond acceptors (Lipinski definition) is 2. The van der Waals surface area contributed by atoms with Crippen molar-refractivity contribution >= 4 is 11.4 Å². The van der Waals surface area contributed by atoms with E-state index in [0.29, 0.717) is 0 Å². The van der Waals surface area contributed by atoms with Gasteiger partial charge in [-0.2, -0.15) is 0 Å². The largest absolute Gasteiger partial charge is 0.324 e. The van der Waals surface area contributed by atoms with E-state index in [1.807, 2.05) is 24.3 Å². The number of para-hydroxylation sites is 1. The Bertz CT molecular complexity index is 721. The van der Waals surface area contributed by atoms with Crippen molar-refractivity contribution in [2.75, 3.05) is 9.80 Å². The van der Waals surface area contributed by atoms with Crippen molar-refractivity contribution in [3.63, 3.8) is 0 Å². The quantitative estimate of drug-likeness (QED) is 0.771. The molecule has 2 aromatic carbocycles. The van der Waals surface area contributed by atoms with Crippen molar-refractivity contribution in [2.45, 2.75) is 25.4 Å². The summed E-state index contributed by atoms with van der Waals surface area (Å²) < 4.78 is 13.7. The number of rotatable bonds is 1. The first-order valence-corrected chi connectivity index (χ1v) is 7.19. The van der Waals surface area contributed by atoms with Crippen LogP contribution in [-0.2, 0) is 5.41 Å².